The van der Waals surface area contributed by atoms with E-state index in [1.165, 1.54) is 12.1 Å². The Hall–Kier alpha value is -1.55. The van der Waals surface area contributed by atoms with Crippen LogP contribution in [0.3, 0.4) is 0 Å². The van der Waals surface area contributed by atoms with Crippen molar-refractivity contribution in [1.29, 1.82) is 0 Å². The Labute approximate surface area is 85.1 Å². The van der Waals surface area contributed by atoms with E-state index in [2.05, 4.69) is 4.74 Å². The second kappa shape index (κ2) is 4.62. The molecular formula is C9H6ClO4. The van der Waals surface area contributed by atoms with E-state index in [-0.39, 0.29) is 5.56 Å². The lowest BCUT2D eigenvalue weighted by atomic mass is 10.2. The average Bonchev–Trinajstić information content (AvgIpc) is 2.19. The number of carbonyl (C=O) groups is 2. The Morgan fingerprint density at radius 2 is 1.79 bits per heavy atom. The van der Waals surface area contributed by atoms with E-state index in [1.807, 2.05) is 0 Å². The van der Waals surface area contributed by atoms with Crippen LogP contribution in [-0.2, 0) is 14.6 Å². The van der Waals surface area contributed by atoms with Gasteiger partial charge in [0.15, 0.2) is 0 Å². The van der Waals surface area contributed by atoms with Gasteiger partial charge in [0, 0.05) is 0 Å². The number of rotatable bonds is 3. The Morgan fingerprint density at radius 1 is 1.21 bits per heavy atom. The average molecular weight is 214 g/mol. The largest absolute Gasteiger partial charge is 0.430 e. The minimum absolute atomic E-state index is 0.236. The summed E-state index contributed by atoms with van der Waals surface area (Å²) in [5.41, 5.74) is -1.53. The molecule has 0 saturated heterocycles. The van der Waals surface area contributed by atoms with Gasteiger partial charge in [0.1, 0.15) is 0 Å². The summed E-state index contributed by atoms with van der Waals surface area (Å²) >= 11 is 5.16. The highest BCUT2D eigenvalue weighted by Gasteiger charge is 2.21. The normalized spacial score (nSPS) is 11.8. The van der Waals surface area contributed by atoms with Gasteiger partial charge < -0.3 is 4.74 Å². The van der Waals surface area contributed by atoms with E-state index in [9.17, 15) is 14.7 Å². The number of hydrogen-bond donors (Lipinski definition) is 0. The zero-order valence-corrected chi connectivity index (χ0v) is 7.73. The van der Waals surface area contributed by atoms with Crippen molar-refractivity contribution in [2.75, 3.05) is 0 Å². The van der Waals surface area contributed by atoms with Crippen molar-refractivity contribution < 1.29 is 19.4 Å². The van der Waals surface area contributed by atoms with E-state index in [1.54, 1.807) is 18.2 Å². The van der Waals surface area contributed by atoms with E-state index >= 15 is 0 Å². The molecule has 0 N–H and O–H groups in total. The Morgan fingerprint density at radius 3 is 2.29 bits per heavy atom. The summed E-state index contributed by atoms with van der Waals surface area (Å²) in [5, 5.41) is 10.1. The number of benzene rings is 1. The highest BCUT2D eigenvalue weighted by Crippen LogP contribution is 2.06. The monoisotopic (exact) mass is 213 g/mol. The standard InChI is InChI=1S/C9H6ClO4/c10-7(8(11)12)14-9(13)6-4-2-1-3-5-6/h1-5,7H. The molecule has 0 aliphatic heterocycles. The third kappa shape index (κ3) is 2.74. The van der Waals surface area contributed by atoms with Crippen molar-refractivity contribution in [3.63, 3.8) is 0 Å². The van der Waals surface area contributed by atoms with Crippen molar-refractivity contribution in [3.8, 4) is 0 Å². The highest BCUT2D eigenvalue weighted by atomic mass is 35.5. The minimum atomic E-state index is -1.76. The van der Waals surface area contributed by atoms with Crippen LogP contribution in [0, 0.1) is 0 Å². The molecule has 0 aliphatic rings. The van der Waals surface area contributed by atoms with Crippen LogP contribution in [0.2, 0.25) is 0 Å². The molecule has 1 unspecified atom stereocenters. The smallest absolute Gasteiger partial charge is 0.411 e. The van der Waals surface area contributed by atoms with Crippen LogP contribution in [0.25, 0.3) is 0 Å². The maximum atomic E-state index is 11.2. The number of alkyl halides is 1. The SMILES string of the molecule is [O]C(=O)C(Cl)OC(=O)c1ccccc1. The number of esters is 1. The van der Waals surface area contributed by atoms with Gasteiger partial charge in [-0.3, -0.25) is 0 Å². The lowest BCUT2D eigenvalue weighted by Gasteiger charge is -2.04. The molecule has 1 atom stereocenters. The topological polar surface area (TPSA) is 63.3 Å². The molecule has 0 amide bonds. The summed E-state index contributed by atoms with van der Waals surface area (Å²) in [6.45, 7) is 0. The number of ether oxygens (including phenoxy) is 1. The van der Waals surface area contributed by atoms with Crippen LogP contribution < -0.4 is 0 Å². The van der Waals surface area contributed by atoms with Gasteiger partial charge in [-0.2, -0.15) is 0 Å². The molecule has 1 radical (unpaired) electrons. The first-order valence-corrected chi connectivity index (χ1v) is 4.16. The maximum Gasteiger partial charge on any atom is 0.411 e. The lowest BCUT2D eigenvalue weighted by Crippen LogP contribution is -2.20. The molecule has 0 bridgehead atoms. The van der Waals surface area contributed by atoms with Crippen molar-refractivity contribution in [2.45, 2.75) is 5.56 Å². The van der Waals surface area contributed by atoms with Crippen LogP contribution >= 0.6 is 11.6 Å². The fourth-order valence-corrected chi connectivity index (χ4v) is 0.865. The molecule has 0 aliphatic carbocycles. The molecule has 1 aromatic carbocycles. The van der Waals surface area contributed by atoms with Gasteiger partial charge in [0.2, 0.25) is 0 Å². The second-order valence-electron chi connectivity index (χ2n) is 2.41. The van der Waals surface area contributed by atoms with Gasteiger partial charge in [-0.25, -0.2) is 14.7 Å². The molecule has 0 heterocycles. The lowest BCUT2D eigenvalue weighted by molar-refractivity contribution is -0.149. The van der Waals surface area contributed by atoms with E-state index in [0.717, 1.165) is 0 Å². The first kappa shape index (κ1) is 10.5. The predicted molar refractivity (Wildman–Crippen MR) is 47.2 cm³/mol. The van der Waals surface area contributed by atoms with Gasteiger partial charge >= 0.3 is 11.9 Å². The molecule has 0 aromatic heterocycles. The number of hydrogen-bond acceptors (Lipinski definition) is 3. The molecule has 0 fully saturated rings. The Bertz CT molecular complexity index is 336. The Kier molecular flexibility index (Phi) is 3.48. The summed E-state index contributed by atoms with van der Waals surface area (Å²) in [6, 6.07) is 7.94. The van der Waals surface area contributed by atoms with E-state index in [4.69, 9.17) is 11.6 Å². The highest BCUT2D eigenvalue weighted by molar-refractivity contribution is 6.29. The number of carbonyl (C=O) groups excluding carboxylic acids is 2. The maximum absolute atomic E-state index is 11.2. The van der Waals surface area contributed by atoms with Crippen molar-refractivity contribution in [1.82, 2.24) is 0 Å². The Balaban J connectivity index is 2.64. The molecule has 5 heteroatoms. The van der Waals surface area contributed by atoms with Gasteiger partial charge in [-0.1, -0.05) is 29.8 Å². The fourth-order valence-electron chi connectivity index (χ4n) is 0.784. The van der Waals surface area contributed by atoms with Gasteiger partial charge in [0.25, 0.3) is 5.56 Å². The van der Waals surface area contributed by atoms with Crippen LogP contribution in [0.15, 0.2) is 30.3 Å². The molecule has 73 valence electrons. The first-order chi connectivity index (χ1) is 6.61. The molecule has 14 heavy (non-hydrogen) atoms. The summed E-state index contributed by atoms with van der Waals surface area (Å²) in [6.07, 6.45) is 0. The second-order valence-corrected chi connectivity index (χ2v) is 2.80. The van der Waals surface area contributed by atoms with Crippen molar-refractivity contribution in [3.05, 3.63) is 35.9 Å². The summed E-state index contributed by atoms with van der Waals surface area (Å²) < 4.78 is 4.36. The summed E-state index contributed by atoms with van der Waals surface area (Å²) in [5.74, 6) is -2.44. The summed E-state index contributed by atoms with van der Waals surface area (Å²) in [4.78, 5) is 21.3. The molecule has 4 nitrogen and oxygen atoms in total. The molecule has 1 aromatic rings. The molecule has 1 rings (SSSR count). The zero-order chi connectivity index (χ0) is 10.6. The van der Waals surface area contributed by atoms with Crippen LogP contribution in [0.1, 0.15) is 10.4 Å². The van der Waals surface area contributed by atoms with Crippen LogP contribution in [0.5, 0.6) is 0 Å². The zero-order valence-electron chi connectivity index (χ0n) is 6.98. The quantitative estimate of drug-likeness (QED) is 0.563. The first-order valence-electron chi connectivity index (χ1n) is 3.72. The van der Waals surface area contributed by atoms with Gasteiger partial charge in [-0.15, -0.1) is 0 Å². The van der Waals surface area contributed by atoms with E-state index < -0.39 is 17.5 Å². The van der Waals surface area contributed by atoms with Crippen LogP contribution in [0.4, 0.5) is 0 Å². The van der Waals surface area contributed by atoms with Crippen molar-refractivity contribution >= 4 is 23.5 Å². The van der Waals surface area contributed by atoms with Crippen molar-refractivity contribution in [2.24, 2.45) is 0 Å². The molecule has 0 saturated carbocycles. The minimum Gasteiger partial charge on any atom is -0.430 e. The van der Waals surface area contributed by atoms with Gasteiger partial charge in [-0.05, 0) is 12.1 Å². The third-order valence-corrected chi connectivity index (χ3v) is 1.67. The number of halogens is 1. The fraction of sp³-hybridized carbons (Fsp3) is 0.111. The predicted octanol–water partition coefficient (Wildman–Crippen LogP) is 1.37. The molecular weight excluding hydrogens is 208 g/mol. The summed E-state index contributed by atoms with van der Waals surface area (Å²) in [7, 11) is 0. The molecule has 0 spiro atoms. The third-order valence-electron chi connectivity index (χ3n) is 1.41. The van der Waals surface area contributed by atoms with Crippen LogP contribution in [-0.4, -0.2) is 17.5 Å². The van der Waals surface area contributed by atoms with E-state index in [0.29, 0.717) is 0 Å². The van der Waals surface area contributed by atoms with Gasteiger partial charge in [0.05, 0.1) is 5.56 Å².